The van der Waals surface area contributed by atoms with Gasteiger partial charge in [0.2, 0.25) is 5.91 Å². The second-order valence-electron chi connectivity index (χ2n) is 6.01. The average molecular weight is 333 g/mol. The summed E-state index contributed by atoms with van der Waals surface area (Å²) < 4.78 is 1.74. The van der Waals surface area contributed by atoms with Gasteiger partial charge in [0.05, 0.1) is 22.9 Å². The molecule has 0 N–H and O–H groups in total. The van der Waals surface area contributed by atoms with Gasteiger partial charge in [-0.2, -0.15) is 5.10 Å². The van der Waals surface area contributed by atoms with Crippen LogP contribution in [0.15, 0.2) is 18.6 Å². The molecule has 3 heterocycles. The molecule has 2 aromatic rings. The second-order valence-corrected chi connectivity index (χ2v) is 7.21. The van der Waals surface area contributed by atoms with E-state index in [0.29, 0.717) is 0 Å². The maximum absolute atomic E-state index is 12.9. The molecule has 1 saturated heterocycles. The molecular weight excluding hydrogens is 310 g/mol. The Balaban J connectivity index is 1.69. The summed E-state index contributed by atoms with van der Waals surface area (Å²) in [6.07, 6.45) is 8.48. The van der Waals surface area contributed by atoms with E-state index in [1.807, 2.05) is 31.4 Å². The van der Waals surface area contributed by atoms with E-state index in [1.165, 1.54) is 4.88 Å². The van der Waals surface area contributed by atoms with Crippen LogP contribution in [-0.4, -0.2) is 45.2 Å². The van der Waals surface area contributed by atoms with E-state index < -0.39 is 0 Å². The van der Waals surface area contributed by atoms with Crippen LogP contribution in [0.4, 0.5) is 5.69 Å². The van der Waals surface area contributed by atoms with Gasteiger partial charge >= 0.3 is 0 Å². The average Bonchev–Trinajstić information content (AvgIpc) is 3.16. The molecule has 0 aliphatic carbocycles. The molecule has 0 spiro atoms. The third-order valence-electron chi connectivity index (χ3n) is 4.25. The number of anilines is 1. The highest BCUT2D eigenvalue weighted by Crippen LogP contribution is 2.24. The van der Waals surface area contributed by atoms with Crippen molar-refractivity contribution in [3.63, 3.8) is 0 Å². The van der Waals surface area contributed by atoms with Crippen LogP contribution >= 0.6 is 11.3 Å². The lowest BCUT2D eigenvalue weighted by molar-refractivity contribution is -0.125. The van der Waals surface area contributed by atoms with Crippen LogP contribution < -0.4 is 4.90 Å². The van der Waals surface area contributed by atoms with E-state index >= 15 is 0 Å². The summed E-state index contributed by atoms with van der Waals surface area (Å²) in [6, 6.07) is -0.0730. The summed E-state index contributed by atoms with van der Waals surface area (Å²) in [4.78, 5) is 22.5. The highest BCUT2D eigenvalue weighted by molar-refractivity contribution is 7.11. The van der Waals surface area contributed by atoms with Crippen LogP contribution in [0.1, 0.15) is 29.7 Å². The Labute approximate surface area is 140 Å². The van der Waals surface area contributed by atoms with Crippen molar-refractivity contribution in [2.24, 2.45) is 7.05 Å². The first-order chi connectivity index (χ1) is 11.1. The van der Waals surface area contributed by atoms with E-state index in [0.717, 1.165) is 43.0 Å². The van der Waals surface area contributed by atoms with Gasteiger partial charge in [-0.1, -0.05) is 6.92 Å². The molecule has 0 aromatic carbocycles. The zero-order valence-corrected chi connectivity index (χ0v) is 14.7. The van der Waals surface area contributed by atoms with Crippen LogP contribution in [-0.2, 0) is 24.8 Å². The lowest BCUT2D eigenvalue weighted by atomic mass is 10.0. The molecule has 1 amide bonds. The number of amides is 1. The molecule has 23 heavy (non-hydrogen) atoms. The second kappa shape index (κ2) is 6.80. The fourth-order valence-corrected chi connectivity index (χ4v) is 3.94. The number of aryl methyl sites for hydroxylation is 2. The van der Waals surface area contributed by atoms with Gasteiger partial charge < -0.3 is 4.90 Å². The van der Waals surface area contributed by atoms with E-state index in [2.05, 4.69) is 21.9 Å². The summed E-state index contributed by atoms with van der Waals surface area (Å²) >= 11 is 1.74. The quantitative estimate of drug-likeness (QED) is 0.840. The van der Waals surface area contributed by atoms with Crippen LogP contribution in [0.3, 0.4) is 0 Å². The number of piperidine rings is 1. The Morgan fingerprint density at radius 1 is 1.43 bits per heavy atom. The molecule has 0 saturated carbocycles. The van der Waals surface area contributed by atoms with Crippen molar-refractivity contribution in [2.75, 3.05) is 18.5 Å². The number of carbonyl (C=O) groups excluding carboxylic acids is 1. The Kier molecular flexibility index (Phi) is 4.77. The van der Waals surface area contributed by atoms with Crippen molar-refractivity contribution in [3.8, 4) is 0 Å². The predicted octanol–water partition coefficient (Wildman–Crippen LogP) is 2.07. The van der Waals surface area contributed by atoms with E-state index in [9.17, 15) is 4.79 Å². The third kappa shape index (κ3) is 3.45. The van der Waals surface area contributed by atoms with Crippen molar-refractivity contribution >= 4 is 22.9 Å². The highest BCUT2D eigenvalue weighted by atomic mass is 32.1. The minimum Gasteiger partial charge on any atom is -0.308 e. The van der Waals surface area contributed by atoms with E-state index in [1.54, 1.807) is 22.2 Å². The fraction of sp³-hybridized carbons (Fsp3) is 0.562. The standard InChI is InChI=1S/C16H23N5OS/c1-4-15-17-9-13(23-15)11-19(2)14-6-5-7-21(16(14)22)12-8-18-20(3)10-12/h8-10,14H,4-7,11H2,1-3H3/t14-/m0/s1. The summed E-state index contributed by atoms with van der Waals surface area (Å²) in [6.45, 7) is 3.66. The number of thiazole rings is 1. The van der Waals surface area contributed by atoms with Gasteiger partial charge in [-0.05, 0) is 26.3 Å². The molecule has 1 aliphatic rings. The van der Waals surface area contributed by atoms with Gasteiger partial charge in [-0.25, -0.2) is 4.98 Å². The minimum absolute atomic E-state index is 0.0730. The molecule has 0 unspecified atom stereocenters. The molecule has 6 nitrogen and oxygen atoms in total. The number of rotatable bonds is 5. The number of likely N-dealkylation sites (N-methyl/N-ethyl adjacent to an activating group) is 1. The predicted molar refractivity (Wildman–Crippen MR) is 91.5 cm³/mol. The van der Waals surface area contributed by atoms with Crippen molar-refractivity contribution in [1.29, 1.82) is 0 Å². The molecule has 7 heteroatoms. The number of hydrogen-bond donors (Lipinski definition) is 0. The zero-order valence-electron chi connectivity index (χ0n) is 13.9. The van der Waals surface area contributed by atoms with E-state index in [4.69, 9.17) is 0 Å². The normalized spacial score (nSPS) is 18.9. The molecule has 3 rings (SSSR count). The Morgan fingerprint density at radius 2 is 2.26 bits per heavy atom. The molecule has 1 aliphatic heterocycles. The molecular formula is C16H23N5OS. The zero-order chi connectivity index (χ0) is 16.4. The van der Waals surface area contributed by atoms with Gasteiger partial charge in [0, 0.05) is 37.4 Å². The molecule has 1 fully saturated rings. The Morgan fingerprint density at radius 3 is 2.91 bits per heavy atom. The Hall–Kier alpha value is -1.73. The lowest BCUT2D eigenvalue weighted by Gasteiger charge is -2.36. The van der Waals surface area contributed by atoms with Gasteiger partial charge in [0.15, 0.2) is 0 Å². The van der Waals surface area contributed by atoms with Gasteiger partial charge in [-0.3, -0.25) is 14.4 Å². The fourth-order valence-electron chi connectivity index (χ4n) is 3.01. The largest absolute Gasteiger partial charge is 0.308 e. The van der Waals surface area contributed by atoms with Crippen molar-refractivity contribution in [3.05, 3.63) is 28.5 Å². The smallest absolute Gasteiger partial charge is 0.244 e. The SMILES string of the molecule is CCc1ncc(CN(C)[C@H]2CCCN(c3cnn(C)c3)C2=O)s1. The molecule has 2 aromatic heterocycles. The van der Waals surface area contributed by atoms with Gasteiger partial charge in [-0.15, -0.1) is 11.3 Å². The minimum atomic E-state index is -0.0730. The number of hydrogen-bond acceptors (Lipinski definition) is 5. The van der Waals surface area contributed by atoms with Crippen molar-refractivity contribution in [2.45, 2.75) is 38.8 Å². The summed E-state index contributed by atoms with van der Waals surface area (Å²) in [5.41, 5.74) is 0.890. The molecule has 0 radical (unpaired) electrons. The maximum Gasteiger partial charge on any atom is 0.244 e. The monoisotopic (exact) mass is 333 g/mol. The van der Waals surface area contributed by atoms with Crippen LogP contribution in [0.5, 0.6) is 0 Å². The third-order valence-corrected chi connectivity index (χ3v) is 5.38. The molecule has 0 bridgehead atoms. The van der Waals surface area contributed by atoms with Crippen LogP contribution in [0, 0.1) is 0 Å². The first-order valence-electron chi connectivity index (χ1n) is 8.02. The maximum atomic E-state index is 12.9. The Bertz CT molecular complexity index is 680. The number of aromatic nitrogens is 3. The molecule has 124 valence electrons. The highest BCUT2D eigenvalue weighted by Gasteiger charge is 2.33. The summed E-state index contributed by atoms with van der Waals surface area (Å²) in [5.74, 6) is 0.173. The van der Waals surface area contributed by atoms with E-state index in [-0.39, 0.29) is 11.9 Å². The van der Waals surface area contributed by atoms with Crippen molar-refractivity contribution < 1.29 is 4.79 Å². The van der Waals surface area contributed by atoms with Crippen molar-refractivity contribution in [1.82, 2.24) is 19.7 Å². The number of carbonyl (C=O) groups is 1. The summed E-state index contributed by atoms with van der Waals surface area (Å²) in [7, 11) is 3.90. The van der Waals surface area contributed by atoms with Gasteiger partial charge in [0.25, 0.3) is 0 Å². The van der Waals surface area contributed by atoms with Gasteiger partial charge in [0.1, 0.15) is 0 Å². The first-order valence-corrected chi connectivity index (χ1v) is 8.84. The number of nitrogens with zero attached hydrogens (tertiary/aromatic N) is 5. The lowest BCUT2D eigenvalue weighted by Crippen LogP contribution is -2.51. The molecule has 1 atom stereocenters. The first kappa shape index (κ1) is 16.1. The van der Waals surface area contributed by atoms with Crippen LogP contribution in [0.2, 0.25) is 0 Å². The van der Waals surface area contributed by atoms with Crippen LogP contribution in [0.25, 0.3) is 0 Å². The summed E-state index contributed by atoms with van der Waals surface area (Å²) in [5, 5.41) is 5.33. The topological polar surface area (TPSA) is 54.3 Å².